The molecule has 1 saturated heterocycles. The Balaban J connectivity index is 1.63. The Morgan fingerprint density at radius 1 is 0.958 bits per heavy atom. The van der Waals surface area contributed by atoms with Crippen molar-refractivity contribution in [3.63, 3.8) is 0 Å². The molecular weight excluding hydrogens is 343 g/mol. The predicted molar refractivity (Wildman–Crippen MR) is 100 cm³/mol. The molecule has 0 bridgehead atoms. The fourth-order valence-electron chi connectivity index (χ4n) is 3.05. The van der Waals surface area contributed by atoms with Gasteiger partial charge in [0.25, 0.3) is 0 Å². The Labute approximate surface area is 152 Å². The van der Waals surface area contributed by atoms with Gasteiger partial charge in [0.2, 0.25) is 5.91 Å². The molecule has 0 aromatic heterocycles. The van der Waals surface area contributed by atoms with E-state index in [1.165, 1.54) is 0 Å². The summed E-state index contributed by atoms with van der Waals surface area (Å²) in [6.45, 7) is 4.89. The number of halogens is 2. The SMILES string of the molecule is Cc1ccccc1CC(=O)N1CCN(c2c(Cl)cccc2Cl)CC1. The highest BCUT2D eigenvalue weighted by Crippen LogP contribution is 2.34. The molecule has 3 rings (SSSR count). The van der Waals surface area contributed by atoms with Crippen LogP contribution in [0.25, 0.3) is 0 Å². The third kappa shape index (κ3) is 3.68. The Bertz CT molecular complexity index is 720. The first-order valence-corrected chi connectivity index (χ1v) is 8.83. The van der Waals surface area contributed by atoms with Crippen molar-refractivity contribution in [2.75, 3.05) is 31.1 Å². The summed E-state index contributed by atoms with van der Waals surface area (Å²) in [5.74, 6) is 0.175. The molecule has 24 heavy (non-hydrogen) atoms. The number of para-hydroxylation sites is 1. The molecule has 1 fully saturated rings. The van der Waals surface area contributed by atoms with Crippen molar-refractivity contribution >= 4 is 34.8 Å². The average Bonchev–Trinajstić information content (AvgIpc) is 2.57. The Kier molecular flexibility index (Phi) is 5.32. The fourth-order valence-corrected chi connectivity index (χ4v) is 3.69. The lowest BCUT2D eigenvalue weighted by Gasteiger charge is -2.37. The van der Waals surface area contributed by atoms with Crippen LogP contribution in [0.5, 0.6) is 0 Å². The van der Waals surface area contributed by atoms with Crippen LogP contribution in [0.1, 0.15) is 11.1 Å². The van der Waals surface area contributed by atoms with Crippen molar-refractivity contribution < 1.29 is 4.79 Å². The van der Waals surface area contributed by atoms with E-state index in [4.69, 9.17) is 23.2 Å². The van der Waals surface area contributed by atoms with E-state index >= 15 is 0 Å². The minimum atomic E-state index is 0.175. The summed E-state index contributed by atoms with van der Waals surface area (Å²) in [4.78, 5) is 16.6. The number of carbonyl (C=O) groups excluding carboxylic acids is 1. The average molecular weight is 363 g/mol. The van der Waals surface area contributed by atoms with Crippen LogP contribution in [0.15, 0.2) is 42.5 Å². The van der Waals surface area contributed by atoms with Gasteiger partial charge in [0.15, 0.2) is 0 Å². The van der Waals surface area contributed by atoms with Gasteiger partial charge in [-0.25, -0.2) is 0 Å². The summed E-state index contributed by atoms with van der Waals surface area (Å²) in [6, 6.07) is 13.6. The number of rotatable bonds is 3. The number of hydrogen-bond acceptors (Lipinski definition) is 2. The molecule has 1 aliphatic heterocycles. The summed E-state index contributed by atoms with van der Waals surface area (Å²) in [6.07, 6.45) is 0.458. The van der Waals surface area contributed by atoms with Crippen LogP contribution in [0.4, 0.5) is 5.69 Å². The molecule has 2 aromatic rings. The lowest BCUT2D eigenvalue weighted by atomic mass is 10.1. The predicted octanol–water partition coefficient (Wildman–Crippen LogP) is 4.19. The van der Waals surface area contributed by atoms with Gasteiger partial charge in [-0.2, -0.15) is 0 Å². The van der Waals surface area contributed by atoms with Gasteiger partial charge in [0, 0.05) is 26.2 Å². The molecular formula is C19H20Cl2N2O. The molecule has 0 atom stereocenters. The van der Waals surface area contributed by atoms with Gasteiger partial charge in [-0.05, 0) is 30.2 Å². The molecule has 0 radical (unpaired) electrons. The highest BCUT2D eigenvalue weighted by Gasteiger charge is 2.24. The van der Waals surface area contributed by atoms with Crippen LogP contribution >= 0.6 is 23.2 Å². The summed E-state index contributed by atoms with van der Waals surface area (Å²) in [7, 11) is 0. The largest absolute Gasteiger partial charge is 0.366 e. The second-order valence-corrected chi connectivity index (χ2v) is 6.86. The summed E-state index contributed by atoms with van der Waals surface area (Å²) < 4.78 is 0. The number of nitrogens with zero attached hydrogens (tertiary/aromatic N) is 2. The smallest absolute Gasteiger partial charge is 0.227 e. The second kappa shape index (κ2) is 7.45. The maximum Gasteiger partial charge on any atom is 0.227 e. The number of hydrogen-bond donors (Lipinski definition) is 0. The van der Waals surface area contributed by atoms with Crippen LogP contribution in [0, 0.1) is 6.92 Å². The molecule has 3 nitrogen and oxygen atoms in total. The zero-order valence-electron chi connectivity index (χ0n) is 13.6. The van der Waals surface area contributed by atoms with E-state index in [0.29, 0.717) is 29.6 Å². The molecule has 0 saturated carbocycles. The molecule has 126 valence electrons. The van der Waals surface area contributed by atoms with E-state index in [9.17, 15) is 4.79 Å². The molecule has 2 aromatic carbocycles. The first kappa shape index (κ1) is 17.1. The van der Waals surface area contributed by atoms with Crippen molar-refractivity contribution in [1.29, 1.82) is 0 Å². The van der Waals surface area contributed by atoms with Gasteiger partial charge in [0.05, 0.1) is 22.2 Å². The lowest BCUT2D eigenvalue weighted by molar-refractivity contribution is -0.130. The Hall–Kier alpha value is -1.71. The van der Waals surface area contributed by atoms with E-state index in [0.717, 1.165) is 29.9 Å². The highest BCUT2D eigenvalue weighted by atomic mass is 35.5. The maximum absolute atomic E-state index is 12.6. The molecule has 0 aliphatic carbocycles. The Morgan fingerprint density at radius 3 is 2.21 bits per heavy atom. The molecule has 1 amide bonds. The number of benzene rings is 2. The second-order valence-electron chi connectivity index (χ2n) is 6.04. The van der Waals surface area contributed by atoms with E-state index < -0.39 is 0 Å². The van der Waals surface area contributed by atoms with Gasteiger partial charge in [-0.1, -0.05) is 53.5 Å². The van der Waals surface area contributed by atoms with Crippen molar-refractivity contribution in [3.05, 3.63) is 63.6 Å². The van der Waals surface area contributed by atoms with Gasteiger partial charge in [0.1, 0.15) is 0 Å². The molecule has 0 N–H and O–H groups in total. The molecule has 1 heterocycles. The number of amides is 1. The van der Waals surface area contributed by atoms with Gasteiger partial charge in [-0.15, -0.1) is 0 Å². The van der Waals surface area contributed by atoms with Crippen molar-refractivity contribution in [3.8, 4) is 0 Å². The highest BCUT2D eigenvalue weighted by molar-refractivity contribution is 6.39. The summed E-state index contributed by atoms with van der Waals surface area (Å²) >= 11 is 12.6. The quantitative estimate of drug-likeness (QED) is 0.816. The van der Waals surface area contributed by atoms with Crippen LogP contribution < -0.4 is 4.90 Å². The van der Waals surface area contributed by atoms with E-state index in [1.807, 2.05) is 54.3 Å². The molecule has 5 heteroatoms. The van der Waals surface area contributed by atoms with Gasteiger partial charge in [-0.3, -0.25) is 4.79 Å². The lowest BCUT2D eigenvalue weighted by Crippen LogP contribution is -2.49. The fraction of sp³-hybridized carbons (Fsp3) is 0.316. The maximum atomic E-state index is 12.6. The molecule has 0 spiro atoms. The van der Waals surface area contributed by atoms with Crippen LogP contribution in [-0.4, -0.2) is 37.0 Å². The van der Waals surface area contributed by atoms with Crippen molar-refractivity contribution in [1.82, 2.24) is 4.90 Å². The summed E-state index contributed by atoms with van der Waals surface area (Å²) in [5.41, 5.74) is 3.12. The molecule has 0 unspecified atom stereocenters. The van der Waals surface area contributed by atoms with E-state index in [-0.39, 0.29) is 5.91 Å². The third-order valence-electron chi connectivity index (χ3n) is 4.49. The Morgan fingerprint density at radius 2 is 1.58 bits per heavy atom. The number of aryl methyl sites for hydroxylation is 1. The topological polar surface area (TPSA) is 23.6 Å². The minimum Gasteiger partial charge on any atom is -0.366 e. The normalized spacial score (nSPS) is 14.8. The van der Waals surface area contributed by atoms with Crippen molar-refractivity contribution in [2.24, 2.45) is 0 Å². The minimum absolute atomic E-state index is 0.175. The number of piperazine rings is 1. The van der Waals surface area contributed by atoms with Crippen LogP contribution in [0.3, 0.4) is 0 Å². The van der Waals surface area contributed by atoms with E-state index in [2.05, 4.69) is 4.90 Å². The zero-order valence-corrected chi connectivity index (χ0v) is 15.1. The van der Waals surface area contributed by atoms with E-state index in [1.54, 1.807) is 0 Å². The van der Waals surface area contributed by atoms with Crippen molar-refractivity contribution in [2.45, 2.75) is 13.3 Å². The summed E-state index contributed by atoms with van der Waals surface area (Å²) in [5, 5.41) is 1.31. The molecule has 1 aliphatic rings. The van der Waals surface area contributed by atoms with Crippen LogP contribution in [-0.2, 0) is 11.2 Å². The monoisotopic (exact) mass is 362 g/mol. The van der Waals surface area contributed by atoms with Crippen LogP contribution in [0.2, 0.25) is 10.0 Å². The number of carbonyl (C=O) groups is 1. The number of anilines is 1. The first-order chi connectivity index (χ1) is 11.6. The first-order valence-electron chi connectivity index (χ1n) is 8.07. The zero-order chi connectivity index (χ0) is 17.1. The standard InChI is InChI=1S/C19H20Cl2N2O/c1-14-5-2-3-6-15(14)13-18(24)22-9-11-23(12-10-22)19-16(20)7-4-8-17(19)21/h2-8H,9-13H2,1H3. The third-order valence-corrected chi connectivity index (χ3v) is 5.10. The van der Waals surface area contributed by atoms with Gasteiger partial charge < -0.3 is 9.80 Å². The van der Waals surface area contributed by atoms with Gasteiger partial charge >= 0.3 is 0 Å².